The average Bonchev–Trinajstić information content (AvgIpc) is 2.74. The second-order valence-corrected chi connectivity index (χ2v) is 3.51. The van der Waals surface area contributed by atoms with Crippen molar-refractivity contribution in [3.63, 3.8) is 0 Å². The number of likely N-dealkylation sites (tertiary alicyclic amines) is 1. The van der Waals surface area contributed by atoms with Crippen LogP contribution in [0.15, 0.2) is 12.2 Å². The summed E-state index contributed by atoms with van der Waals surface area (Å²) in [5.74, 6) is -1.33. The van der Waals surface area contributed by atoms with E-state index in [4.69, 9.17) is 9.84 Å². The number of rotatable bonds is 2. The lowest BCUT2D eigenvalue weighted by molar-refractivity contribution is -0.133. The standard InChI is InChI=1S/C9H11NO4/c11-8(1-2-9(12)13)10-4-7-3-6(10)5-14-7/h1-2,6-7H,3-5H2,(H,12,13)/b2-1+/t6-,7+/m0/s1. The Kier molecular flexibility index (Phi) is 2.25. The number of nitrogens with zero attached hydrogens (tertiary/aromatic N) is 1. The fraction of sp³-hybridized carbons (Fsp3) is 0.556. The molecule has 5 heteroatoms. The SMILES string of the molecule is O=C(O)/C=C/C(=O)N1C[C@H]2C[C@H]1CO2. The van der Waals surface area contributed by atoms with Crippen molar-refractivity contribution in [2.45, 2.75) is 18.6 Å². The largest absolute Gasteiger partial charge is 0.478 e. The van der Waals surface area contributed by atoms with Crippen LogP contribution in [0.1, 0.15) is 6.42 Å². The number of carbonyl (C=O) groups excluding carboxylic acids is 1. The lowest BCUT2D eigenvalue weighted by Crippen LogP contribution is -2.40. The van der Waals surface area contributed by atoms with Crippen molar-refractivity contribution in [1.29, 1.82) is 0 Å². The Hall–Kier alpha value is -1.36. The Balaban J connectivity index is 1.96. The highest BCUT2D eigenvalue weighted by molar-refractivity contribution is 5.94. The van der Waals surface area contributed by atoms with Gasteiger partial charge in [-0.3, -0.25) is 4.79 Å². The van der Waals surface area contributed by atoms with Crippen molar-refractivity contribution in [2.24, 2.45) is 0 Å². The zero-order valence-electron chi connectivity index (χ0n) is 7.55. The molecule has 2 saturated heterocycles. The van der Waals surface area contributed by atoms with E-state index >= 15 is 0 Å². The predicted octanol–water partition coefficient (Wildman–Crippen LogP) is -0.373. The third-order valence-corrected chi connectivity index (χ3v) is 2.55. The number of amides is 1. The number of morpholine rings is 1. The topological polar surface area (TPSA) is 66.8 Å². The molecule has 2 rings (SSSR count). The molecule has 0 spiro atoms. The third-order valence-electron chi connectivity index (χ3n) is 2.55. The monoisotopic (exact) mass is 197 g/mol. The van der Waals surface area contributed by atoms with Crippen LogP contribution < -0.4 is 0 Å². The predicted molar refractivity (Wildman–Crippen MR) is 46.6 cm³/mol. The van der Waals surface area contributed by atoms with Gasteiger partial charge in [-0.05, 0) is 6.42 Å². The molecular formula is C9H11NO4. The van der Waals surface area contributed by atoms with Crippen molar-refractivity contribution in [2.75, 3.05) is 13.2 Å². The lowest BCUT2D eigenvalue weighted by Gasteiger charge is -2.25. The van der Waals surface area contributed by atoms with Gasteiger partial charge in [0.25, 0.3) is 0 Å². The first kappa shape index (κ1) is 9.21. The summed E-state index contributed by atoms with van der Waals surface area (Å²) in [5.41, 5.74) is 0. The molecule has 0 aromatic carbocycles. The van der Waals surface area contributed by atoms with Crippen LogP contribution in [0.4, 0.5) is 0 Å². The van der Waals surface area contributed by atoms with Gasteiger partial charge in [0.1, 0.15) is 0 Å². The summed E-state index contributed by atoms with van der Waals surface area (Å²) >= 11 is 0. The molecule has 0 aromatic heterocycles. The average molecular weight is 197 g/mol. The van der Waals surface area contributed by atoms with Gasteiger partial charge in [0.2, 0.25) is 5.91 Å². The van der Waals surface area contributed by atoms with Gasteiger partial charge in [-0.15, -0.1) is 0 Å². The molecule has 1 N–H and O–H groups in total. The van der Waals surface area contributed by atoms with Crippen molar-refractivity contribution < 1.29 is 19.4 Å². The molecule has 5 nitrogen and oxygen atoms in total. The van der Waals surface area contributed by atoms with Crippen LogP contribution in [-0.4, -0.2) is 47.2 Å². The third kappa shape index (κ3) is 1.63. The normalized spacial score (nSPS) is 30.1. The van der Waals surface area contributed by atoms with Gasteiger partial charge in [0, 0.05) is 18.7 Å². The quantitative estimate of drug-likeness (QED) is 0.613. The highest BCUT2D eigenvalue weighted by Gasteiger charge is 2.40. The maximum absolute atomic E-state index is 11.5. The molecular weight excluding hydrogens is 186 g/mol. The van der Waals surface area contributed by atoms with Gasteiger partial charge in [-0.25, -0.2) is 4.79 Å². The minimum Gasteiger partial charge on any atom is -0.478 e. The van der Waals surface area contributed by atoms with E-state index in [0.29, 0.717) is 13.2 Å². The van der Waals surface area contributed by atoms with Crippen molar-refractivity contribution in [3.8, 4) is 0 Å². The molecule has 0 aromatic rings. The van der Waals surface area contributed by atoms with E-state index in [9.17, 15) is 9.59 Å². The van der Waals surface area contributed by atoms with Crippen LogP contribution >= 0.6 is 0 Å². The number of aliphatic carboxylic acids is 1. The Labute approximate surface area is 80.9 Å². The van der Waals surface area contributed by atoms with Gasteiger partial charge >= 0.3 is 5.97 Å². The Morgan fingerprint density at radius 1 is 1.43 bits per heavy atom. The second kappa shape index (κ2) is 3.42. The molecule has 0 unspecified atom stereocenters. The first-order valence-corrected chi connectivity index (χ1v) is 4.50. The number of hydrogen-bond acceptors (Lipinski definition) is 3. The zero-order chi connectivity index (χ0) is 10.1. The lowest BCUT2D eigenvalue weighted by atomic mass is 10.2. The Bertz CT molecular complexity index is 299. The summed E-state index contributed by atoms with van der Waals surface area (Å²) in [4.78, 5) is 23.3. The molecule has 1 amide bonds. The number of fused-ring (bicyclic) bond motifs is 2. The van der Waals surface area contributed by atoms with Gasteiger partial charge in [0.05, 0.1) is 18.8 Å². The molecule has 76 valence electrons. The van der Waals surface area contributed by atoms with Crippen molar-refractivity contribution in [1.82, 2.24) is 4.90 Å². The van der Waals surface area contributed by atoms with E-state index in [0.717, 1.165) is 18.6 Å². The first-order valence-electron chi connectivity index (χ1n) is 4.50. The van der Waals surface area contributed by atoms with Crippen LogP contribution in [0, 0.1) is 0 Å². The van der Waals surface area contributed by atoms with E-state index in [-0.39, 0.29) is 18.1 Å². The number of carboxylic acids is 1. The summed E-state index contributed by atoms with van der Waals surface area (Å²) in [5, 5.41) is 8.35. The molecule has 2 atom stereocenters. The highest BCUT2D eigenvalue weighted by Crippen LogP contribution is 2.27. The first-order chi connectivity index (χ1) is 6.66. The van der Waals surface area contributed by atoms with Crippen molar-refractivity contribution >= 4 is 11.9 Å². The molecule has 0 aliphatic carbocycles. The Morgan fingerprint density at radius 2 is 2.21 bits per heavy atom. The van der Waals surface area contributed by atoms with E-state index in [1.807, 2.05) is 0 Å². The van der Waals surface area contributed by atoms with Crippen LogP contribution in [0.3, 0.4) is 0 Å². The van der Waals surface area contributed by atoms with Crippen LogP contribution in [0.5, 0.6) is 0 Å². The molecule has 2 heterocycles. The molecule has 0 saturated carbocycles. The zero-order valence-corrected chi connectivity index (χ0v) is 7.55. The maximum Gasteiger partial charge on any atom is 0.328 e. The van der Waals surface area contributed by atoms with Crippen molar-refractivity contribution in [3.05, 3.63) is 12.2 Å². The van der Waals surface area contributed by atoms with E-state index < -0.39 is 5.97 Å². The van der Waals surface area contributed by atoms with E-state index in [2.05, 4.69) is 0 Å². The van der Waals surface area contributed by atoms with Gasteiger partial charge in [-0.2, -0.15) is 0 Å². The summed E-state index contributed by atoms with van der Waals surface area (Å²) in [6.45, 7) is 1.17. The molecule has 2 aliphatic rings. The minimum atomic E-state index is -1.10. The molecule has 0 radical (unpaired) electrons. The number of carbonyl (C=O) groups is 2. The smallest absolute Gasteiger partial charge is 0.328 e. The fourth-order valence-electron chi connectivity index (χ4n) is 1.91. The molecule has 14 heavy (non-hydrogen) atoms. The number of ether oxygens (including phenoxy) is 1. The summed E-state index contributed by atoms with van der Waals surface area (Å²) < 4.78 is 5.32. The van der Waals surface area contributed by atoms with Gasteiger partial charge in [0.15, 0.2) is 0 Å². The minimum absolute atomic E-state index is 0.144. The summed E-state index contributed by atoms with van der Waals surface area (Å²) in [6, 6.07) is 0.144. The van der Waals surface area contributed by atoms with Crippen LogP contribution in [0.2, 0.25) is 0 Å². The number of hydrogen-bond donors (Lipinski definition) is 1. The summed E-state index contributed by atoms with van der Waals surface area (Å²) in [6.07, 6.45) is 3.01. The van der Waals surface area contributed by atoms with E-state index in [1.54, 1.807) is 4.90 Å². The second-order valence-electron chi connectivity index (χ2n) is 3.51. The fourth-order valence-corrected chi connectivity index (χ4v) is 1.91. The van der Waals surface area contributed by atoms with Gasteiger partial charge < -0.3 is 14.7 Å². The van der Waals surface area contributed by atoms with Crippen LogP contribution in [-0.2, 0) is 14.3 Å². The molecule has 2 aliphatic heterocycles. The summed E-state index contributed by atoms with van der Waals surface area (Å²) in [7, 11) is 0. The number of carboxylic acid groups (broad SMARTS) is 1. The maximum atomic E-state index is 11.5. The Morgan fingerprint density at radius 3 is 2.71 bits per heavy atom. The van der Waals surface area contributed by atoms with Crippen LogP contribution in [0.25, 0.3) is 0 Å². The molecule has 2 fully saturated rings. The van der Waals surface area contributed by atoms with E-state index in [1.165, 1.54) is 0 Å². The van der Waals surface area contributed by atoms with Gasteiger partial charge in [-0.1, -0.05) is 0 Å². The molecule has 2 bridgehead atoms. The highest BCUT2D eigenvalue weighted by atomic mass is 16.5.